The van der Waals surface area contributed by atoms with Gasteiger partial charge in [-0.3, -0.25) is 5.43 Å². The van der Waals surface area contributed by atoms with Crippen molar-refractivity contribution in [3.8, 4) is 16.9 Å². The second kappa shape index (κ2) is 8.37. The summed E-state index contributed by atoms with van der Waals surface area (Å²) in [5.74, 6) is 0. The summed E-state index contributed by atoms with van der Waals surface area (Å²) in [7, 11) is 0. The Balaban J connectivity index is 1.51. The maximum absolute atomic E-state index is 4.63. The molecule has 6 rings (SSSR count). The first kappa shape index (κ1) is 19.5. The lowest BCUT2D eigenvalue weighted by Gasteiger charge is -2.12. The molecule has 0 saturated heterocycles. The van der Waals surface area contributed by atoms with Crippen LogP contribution in [0.2, 0.25) is 0 Å². The molecule has 4 aromatic carbocycles. The van der Waals surface area contributed by atoms with E-state index in [9.17, 15) is 0 Å². The number of fused-ring (bicyclic) bond motifs is 2. The van der Waals surface area contributed by atoms with Crippen LogP contribution in [0.3, 0.4) is 0 Å². The van der Waals surface area contributed by atoms with Crippen LogP contribution in [-0.4, -0.2) is 15.8 Å². The number of nitrogens with one attached hydrogen (secondary N) is 1. The molecule has 6 aromatic rings. The highest BCUT2D eigenvalue weighted by atomic mass is 32.1. The number of hydrazone groups is 1. The Bertz CT molecular complexity index is 1550. The molecule has 2 heterocycles. The molecule has 0 unspecified atom stereocenters. The molecule has 158 valence electrons. The lowest BCUT2D eigenvalue weighted by molar-refractivity contribution is 1.13. The molecule has 33 heavy (non-hydrogen) atoms. The summed E-state index contributed by atoms with van der Waals surface area (Å²) in [5.41, 5.74) is 9.69. The maximum Gasteiger partial charge on any atom is 0.204 e. The van der Waals surface area contributed by atoms with Crippen LogP contribution in [0.15, 0.2) is 114 Å². The van der Waals surface area contributed by atoms with E-state index in [1.165, 1.54) is 0 Å². The predicted octanol–water partition coefficient (Wildman–Crippen LogP) is 7.35. The molecular weight excluding hydrogens is 424 g/mol. The number of hydrogen-bond donors (Lipinski definition) is 1. The fraction of sp³-hybridized carbons (Fsp3) is 0. The van der Waals surface area contributed by atoms with Gasteiger partial charge >= 0.3 is 0 Å². The fourth-order valence-electron chi connectivity index (χ4n) is 4.19. The second-order valence-corrected chi connectivity index (χ2v) is 8.70. The van der Waals surface area contributed by atoms with Gasteiger partial charge in [-0.05, 0) is 35.9 Å². The van der Waals surface area contributed by atoms with Crippen LogP contribution in [0.4, 0.5) is 5.13 Å². The van der Waals surface area contributed by atoms with Gasteiger partial charge in [0.15, 0.2) is 0 Å². The molecule has 0 aliphatic carbocycles. The zero-order valence-corrected chi connectivity index (χ0v) is 18.5. The summed E-state index contributed by atoms with van der Waals surface area (Å²) < 4.78 is 3.45. The Morgan fingerprint density at radius 2 is 1.45 bits per heavy atom. The van der Waals surface area contributed by atoms with Crippen molar-refractivity contribution in [1.29, 1.82) is 0 Å². The van der Waals surface area contributed by atoms with E-state index in [4.69, 9.17) is 0 Å². The molecule has 0 aliphatic heterocycles. The largest absolute Gasteiger partial charge is 0.309 e. The molecule has 1 N–H and O–H groups in total. The van der Waals surface area contributed by atoms with Gasteiger partial charge in [-0.2, -0.15) is 5.10 Å². The molecular formula is C28H20N4S. The van der Waals surface area contributed by atoms with Crippen molar-refractivity contribution in [1.82, 2.24) is 9.55 Å². The highest BCUT2D eigenvalue weighted by Crippen LogP contribution is 2.35. The second-order valence-electron chi connectivity index (χ2n) is 7.67. The van der Waals surface area contributed by atoms with E-state index in [1.807, 2.05) is 36.5 Å². The van der Waals surface area contributed by atoms with Crippen LogP contribution < -0.4 is 5.43 Å². The first-order valence-corrected chi connectivity index (χ1v) is 11.6. The van der Waals surface area contributed by atoms with Gasteiger partial charge in [0.25, 0.3) is 0 Å². The van der Waals surface area contributed by atoms with Gasteiger partial charge in [0.2, 0.25) is 5.13 Å². The number of para-hydroxylation sites is 3. The minimum absolute atomic E-state index is 0.778. The fourth-order valence-corrected chi connectivity index (χ4v) is 5.01. The highest BCUT2D eigenvalue weighted by molar-refractivity contribution is 7.22. The molecule has 0 atom stereocenters. The average Bonchev–Trinajstić information content (AvgIpc) is 3.44. The van der Waals surface area contributed by atoms with E-state index >= 15 is 0 Å². The van der Waals surface area contributed by atoms with Crippen molar-refractivity contribution >= 4 is 43.8 Å². The van der Waals surface area contributed by atoms with Crippen LogP contribution >= 0.6 is 11.3 Å². The van der Waals surface area contributed by atoms with E-state index in [-0.39, 0.29) is 0 Å². The Kier molecular flexibility index (Phi) is 4.94. The van der Waals surface area contributed by atoms with Crippen molar-refractivity contribution in [3.05, 3.63) is 115 Å². The van der Waals surface area contributed by atoms with Crippen molar-refractivity contribution in [2.45, 2.75) is 0 Å². The summed E-state index contributed by atoms with van der Waals surface area (Å²) in [5, 5.41) is 6.54. The summed E-state index contributed by atoms with van der Waals surface area (Å²) in [6.07, 6.45) is 1.91. The minimum Gasteiger partial charge on any atom is -0.309 e. The van der Waals surface area contributed by atoms with Crippen molar-refractivity contribution in [3.63, 3.8) is 0 Å². The number of thiazole rings is 1. The summed E-state index contributed by atoms with van der Waals surface area (Å²) in [6, 6.07) is 37.5. The number of anilines is 1. The molecule has 0 saturated carbocycles. The average molecular weight is 445 g/mol. The Morgan fingerprint density at radius 1 is 0.758 bits per heavy atom. The number of benzene rings is 4. The van der Waals surface area contributed by atoms with Crippen LogP contribution in [0.1, 0.15) is 5.56 Å². The smallest absolute Gasteiger partial charge is 0.204 e. The van der Waals surface area contributed by atoms with Gasteiger partial charge in [0.1, 0.15) is 0 Å². The van der Waals surface area contributed by atoms with Crippen molar-refractivity contribution in [2.75, 3.05) is 5.43 Å². The van der Waals surface area contributed by atoms with E-state index < -0.39 is 0 Å². The SMILES string of the molecule is C(=N/Nc1nc2ccccc2s1)/c1c(-c2ccccc2)n(-c2ccccc2)c2ccccc12. The van der Waals surface area contributed by atoms with Gasteiger partial charge in [0.05, 0.1) is 27.6 Å². The van der Waals surface area contributed by atoms with Crippen LogP contribution in [0.25, 0.3) is 38.1 Å². The van der Waals surface area contributed by atoms with Crippen LogP contribution in [0, 0.1) is 0 Å². The first-order chi connectivity index (χ1) is 16.4. The zero-order chi connectivity index (χ0) is 22.0. The third-order valence-corrected chi connectivity index (χ3v) is 6.56. The zero-order valence-electron chi connectivity index (χ0n) is 17.7. The Morgan fingerprint density at radius 3 is 2.27 bits per heavy atom. The van der Waals surface area contributed by atoms with Crippen molar-refractivity contribution in [2.24, 2.45) is 5.10 Å². The van der Waals surface area contributed by atoms with Gasteiger partial charge in [0, 0.05) is 16.6 Å². The molecule has 0 amide bonds. The molecule has 2 aromatic heterocycles. The standard InChI is InChI=1S/C28H20N4S/c1-3-11-20(12-4-1)27-23(19-29-31-28-30-24-16-8-10-18-26(24)33-28)22-15-7-9-17-25(22)32(27)21-13-5-2-6-14-21/h1-19H,(H,30,31)/b29-19-. The normalized spacial score (nSPS) is 11.5. The molecule has 0 bridgehead atoms. The van der Waals surface area contributed by atoms with Gasteiger partial charge in [-0.15, -0.1) is 0 Å². The summed E-state index contributed by atoms with van der Waals surface area (Å²) >= 11 is 1.60. The molecule has 0 radical (unpaired) electrons. The Labute approximate surface area is 195 Å². The van der Waals surface area contributed by atoms with E-state index in [0.717, 1.165) is 48.8 Å². The maximum atomic E-state index is 4.63. The topological polar surface area (TPSA) is 42.2 Å². The lowest BCUT2D eigenvalue weighted by Crippen LogP contribution is -1.98. The predicted molar refractivity (Wildman–Crippen MR) is 140 cm³/mol. The summed E-state index contributed by atoms with van der Waals surface area (Å²) in [4.78, 5) is 4.63. The van der Waals surface area contributed by atoms with Crippen LogP contribution in [-0.2, 0) is 0 Å². The minimum atomic E-state index is 0.778. The molecule has 0 fully saturated rings. The van der Waals surface area contributed by atoms with Crippen molar-refractivity contribution < 1.29 is 0 Å². The van der Waals surface area contributed by atoms with E-state index in [1.54, 1.807) is 11.3 Å². The molecule has 5 heteroatoms. The lowest BCUT2D eigenvalue weighted by atomic mass is 10.1. The third kappa shape index (κ3) is 3.58. The Hall–Kier alpha value is -4.22. The van der Waals surface area contributed by atoms with Gasteiger partial charge < -0.3 is 4.57 Å². The van der Waals surface area contributed by atoms with Gasteiger partial charge in [-0.1, -0.05) is 90.2 Å². The van der Waals surface area contributed by atoms with E-state index in [2.05, 4.69) is 98.9 Å². The number of nitrogens with zero attached hydrogens (tertiary/aromatic N) is 3. The van der Waals surface area contributed by atoms with Gasteiger partial charge in [-0.25, -0.2) is 4.98 Å². The third-order valence-electron chi connectivity index (χ3n) is 5.62. The molecule has 4 nitrogen and oxygen atoms in total. The number of hydrogen-bond acceptors (Lipinski definition) is 4. The quantitative estimate of drug-likeness (QED) is 0.223. The number of aromatic nitrogens is 2. The first-order valence-electron chi connectivity index (χ1n) is 10.8. The molecule has 0 spiro atoms. The van der Waals surface area contributed by atoms with Crippen LogP contribution in [0.5, 0.6) is 0 Å². The summed E-state index contributed by atoms with van der Waals surface area (Å²) in [6.45, 7) is 0. The van der Waals surface area contributed by atoms with E-state index in [0.29, 0.717) is 0 Å². The monoisotopic (exact) mass is 444 g/mol. The number of rotatable bonds is 5. The molecule has 0 aliphatic rings. The highest BCUT2D eigenvalue weighted by Gasteiger charge is 2.18.